The van der Waals surface area contributed by atoms with Gasteiger partial charge in [0.25, 0.3) is 0 Å². The number of benzene rings is 2. The minimum atomic E-state index is -0.500. The molecule has 0 spiro atoms. The lowest BCUT2D eigenvalue weighted by molar-refractivity contribution is -0.131. The van der Waals surface area contributed by atoms with E-state index in [0.29, 0.717) is 27.0 Å². The minimum Gasteiger partial charge on any atom is -0.464 e. The van der Waals surface area contributed by atoms with E-state index in [4.69, 9.17) is 25.2 Å². The Kier molecular flexibility index (Phi) is 4.60. The van der Waals surface area contributed by atoms with Crippen LogP contribution in [-0.4, -0.2) is 17.7 Å². The van der Waals surface area contributed by atoms with Crippen LogP contribution in [-0.2, 0) is 9.59 Å². The number of nitrogens with one attached hydrogen (secondary N) is 1. The van der Waals surface area contributed by atoms with Gasteiger partial charge in [0.15, 0.2) is 5.76 Å². The van der Waals surface area contributed by atoms with E-state index in [-0.39, 0.29) is 28.7 Å². The SMILES string of the molecule is CC(=O)Nc1c(C(=O)c2coc3ccc(OC(C)=O)cc23)oc2ccc(Cl)cc12. The van der Waals surface area contributed by atoms with Crippen molar-refractivity contribution in [2.75, 3.05) is 5.32 Å². The van der Waals surface area contributed by atoms with Gasteiger partial charge in [-0.3, -0.25) is 14.4 Å². The standard InChI is InChI=1S/C21H14ClNO6/c1-10(24)23-19-15-7-12(22)3-5-18(15)29-21(19)20(26)16-9-27-17-6-4-13(8-14(16)17)28-11(2)25/h3-9H,1-2H3,(H,23,24). The number of carbonyl (C=O) groups is 3. The third kappa shape index (κ3) is 3.48. The highest BCUT2D eigenvalue weighted by Gasteiger charge is 2.26. The fraction of sp³-hybridized carbons (Fsp3) is 0.0952. The van der Waals surface area contributed by atoms with Gasteiger partial charge in [0.2, 0.25) is 11.7 Å². The summed E-state index contributed by atoms with van der Waals surface area (Å²) in [7, 11) is 0. The van der Waals surface area contributed by atoms with Gasteiger partial charge in [-0.2, -0.15) is 0 Å². The van der Waals surface area contributed by atoms with Gasteiger partial charge in [-0.25, -0.2) is 0 Å². The van der Waals surface area contributed by atoms with Gasteiger partial charge in [-0.1, -0.05) is 11.6 Å². The molecule has 0 aliphatic heterocycles. The van der Waals surface area contributed by atoms with E-state index in [9.17, 15) is 14.4 Å². The Balaban J connectivity index is 1.87. The second kappa shape index (κ2) is 7.10. The van der Waals surface area contributed by atoms with Crippen LogP contribution in [0.5, 0.6) is 5.75 Å². The van der Waals surface area contributed by atoms with Gasteiger partial charge in [0.1, 0.15) is 23.2 Å². The predicted molar refractivity (Wildman–Crippen MR) is 106 cm³/mol. The van der Waals surface area contributed by atoms with Gasteiger partial charge in [-0.15, -0.1) is 0 Å². The Labute approximate surface area is 169 Å². The van der Waals surface area contributed by atoms with E-state index in [1.165, 1.54) is 26.2 Å². The maximum absolute atomic E-state index is 13.3. The fourth-order valence-corrected chi connectivity index (χ4v) is 3.24. The largest absolute Gasteiger partial charge is 0.464 e. The van der Waals surface area contributed by atoms with Gasteiger partial charge < -0.3 is 18.9 Å². The van der Waals surface area contributed by atoms with Crippen LogP contribution in [0, 0.1) is 0 Å². The first kappa shape index (κ1) is 18.8. The maximum atomic E-state index is 13.3. The quantitative estimate of drug-likeness (QED) is 0.290. The lowest BCUT2D eigenvalue weighted by Gasteiger charge is -2.03. The molecular formula is C21H14ClNO6. The fourth-order valence-electron chi connectivity index (χ4n) is 3.07. The molecule has 2 heterocycles. The van der Waals surface area contributed by atoms with Crippen molar-refractivity contribution in [3.63, 3.8) is 0 Å². The van der Waals surface area contributed by atoms with Crippen LogP contribution < -0.4 is 10.1 Å². The average molecular weight is 412 g/mol. The summed E-state index contributed by atoms with van der Waals surface area (Å²) in [6, 6.07) is 9.54. The molecule has 0 aliphatic carbocycles. The van der Waals surface area contributed by atoms with Crippen molar-refractivity contribution in [2.24, 2.45) is 0 Å². The summed E-state index contributed by atoms with van der Waals surface area (Å²) in [5.74, 6) is -1.13. The number of fused-ring (bicyclic) bond motifs is 2. The molecule has 0 saturated carbocycles. The number of esters is 1. The number of hydrogen-bond acceptors (Lipinski definition) is 6. The molecular weight excluding hydrogens is 398 g/mol. The molecule has 0 atom stereocenters. The number of hydrogen-bond donors (Lipinski definition) is 1. The third-order valence-corrected chi connectivity index (χ3v) is 4.44. The van der Waals surface area contributed by atoms with Crippen LogP contribution >= 0.6 is 11.6 Å². The monoisotopic (exact) mass is 411 g/mol. The summed E-state index contributed by atoms with van der Waals surface area (Å²) >= 11 is 6.06. The zero-order valence-corrected chi connectivity index (χ0v) is 16.1. The summed E-state index contributed by atoms with van der Waals surface area (Å²) in [4.78, 5) is 36.2. The number of amides is 1. The zero-order valence-electron chi connectivity index (χ0n) is 15.4. The highest BCUT2D eigenvalue weighted by Crippen LogP contribution is 2.36. The van der Waals surface area contributed by atoms with Crippen LogP contribution in [0.2, 0.25) is 5.02 Å². The Morgan fingerprint density at radius 1 is 1.00 bits per heavy atom. The highest BCUT2D eigenvalue weighted by atomic mass is 35.5. The smallest absolute Gasteiger partial charge is 0.308 e. The minimum absolute atomic E-state index is 0.0574. The third-order valence-electron chi connectivity index (χ3n) is 4.21. The molecule has 2 aromatic heterocycles. The molecule has 1 N–H and O–H groups in total. The van der Waals surface area contributed by atoms with E-state index in [1.54, 1.807) is 30.3 Å². The second-order valence-electron chi connectivity index (χ2n) is 6.36. The molecule has 29 heavy (non-hydrogen) atoms. The van der Waals surface area contributed by atoms with Crippen molar-refractivity contribution >= 4 is 56.9 Å². The van der Waals surface area contributed by atoms with Gasteiger partial charge in [-0.05, 0) is 36.4 Å². The second-order valence-corrected chi connectivity index (χ2v) is 6.79. The number of rotatable bonds is 4. The van der Waals surface area contributed by atoms with Gasteiger partial charge in [0.05, 0.1) is 11.3 Å². The molecule has 0 fully saturated rings. The Morgan fingerprint density at radius 3 is 2.48 bits per heavy atom. The number of furan rings is 2. The lowest BCUT2D eigenvalue weighted by atomic mass is 10.1. The van der Waals surface area contributed by atoms with Gasteiger partial charge in [0, 0.05) is 29.6 Å². The molecule has 0 bridgehead atoms. The first-order chi connectivity index (χ1) is 13.8. The lowest BCUT2D eigenvalue weighted by Crippen LogP contribution is -2.10. The summed E-state index contributed by atoms with van der Waals surface area (Å²) in [6.07, 6.45) is 1.29. The summed E-state index contributed by atoms with van der Waals surface area (Å²) < 4.78 is 16.3. The number of ether oxygens (including phenoxy) is 1. The van der Waals surface area contributed by atoms with Crippen molar-refractivity contribution in [3.05, 3.63) is 59.0 Å². The molecule has 0 aliphatic rings. The van der Waals surface area contributed by atoms with Gasteiger partial charge >= 0.3 is 5.97 Å². The molecule has 146 valence electrons. The predicted octanol–water partition coefficient (Wildman–Crippen LogP) is 4.95. The summed E-state index contributed by atoms with van der Waals surface area (Å²) in [6.45, 7) is 2.61. The van der Waals surface area contributed by atoms with Crippen LogP contribution in [0.3, 0.4) is 0 Å². The van der Waals surface area contributed by atoms with Crippen molar-refractivity contribution in [3.8, 4) is 5.75 Å². The summed E-state index contributed by atoms with van der Waals surface area (Å²) in [5, 5.41) is 4.02. The van der Waals surface area contributed by atoms with E-state index < -0.39 is 11.8 Å². The number of carbonyl (C=O) groups excluding carboxylic acids is 3. The van der Waals surface area contributed by atoms with Crippen molar-refractivity contribution in [1.82, 2.24) is 0 Å². The van der Waals surface area contributed by atoms with Crippen LogP contribution in [0.4, 0.5) is 5.69 Å². The number of halogens is 1. The molecule has 4 aromatic rings. The normalized spacial score (nSPS) is 11.0. The summed E-state index contributed by atoms with van der Waals surface area (Å²) in [5.41, 5.74) is 1.26. The topological polar surface area (TPSA) is 98.8 Å². The number of anilines is 1. The molecule has 8 heteroatoms. The van der Waals surface area contributed by atoms with E-state index >= 15 is 0 Å². The molecule has 1 amide bonds. The Bertz CT molecular complexity index is 1300. The van der Waals surface area contributed by atoms with Crippen LogP contribution in [0.15, 0.2) is 51.5 Å². The molecule has 0 saturated heterocycles. The molecule has 0 radical (unpaired) electrons. The van der Waals surface area contributed by atoms with E-state index in [1.807, 2.05) is 0 Å². The highest BCUT2D eigenvalue weighted by molar-refractivity contribution is 6.31. The average Bonchev–Trinajstić information content (AvgIpc) is 3.22. The first-order valence-electron chi connectivity index (χ1n) is 8.57. The molecule has 7 nitrogen and oxygen atoms in total. The molecule has 0 unspecified atom stereocenters. The van der Waals surface area contributed by atoms with E-state index in [0.717, 1.165) is 0 Å². The number of ketones is 1. The van der Waals surface area contributed by atoms with E-state index in [2.05, 4.69) is 5.32 Å². The van der Waals surface area contributed by atoms with Crippen LogP contribution in [0.1, 0.15) is 30.0 Å². The Morgan fingerprint density at radius 2 is 1.76 bits per heavy atom. The molecule has 4 rings (SSSR count). The van der Waals surface area contributed by atoms with Crippen LogP contribution in [0.25, 0.3) is 21.9 Å². The maximum Gasteiger partial charge on any atom is 0.308 e. The first-order valence-corrected chi connectivity index (χ1v) is 8.95. The van der Waals surface area contributed by atoms with Crippen molar-refractivity contribution in [1.29, 1.82) is 0 Å². The van der Waals surface area contributed by atoms with Crippen molar-refractivity contribution in [2.45, 2.75) is 13.8 Å². The van der Waals surface area contributed by atoms with Crippen molar-refractivity contribution < 1.29 is 28.0 Å². The zero-order chi connectivity index (χ0) is 20.7. The Hall–Kier alpha value is -3.58. The molecule has 2 aromatic carbocycles.